The van der Waals surface area contributed by atoms with Crippen molar-refractivity contribution in [3.8, 4) is 0 Å². The van der Waals surface area contributed by atoms with Gasteiger partial charge >= 0.3 is 0 Å². The van der Waals surface area contributed by atoms with E-state index >= 15 is 0 Å². The molecule has 138 valence electrons. The molecule has 1 aromatic heterocycles. The molecule has 2 aliphatic rings. The smallest absolute Gasteiger partial charge is 0.253 e. The van der Waals surface area contributed by atoms with Crippen LogP contribution in [0.4, 0.5) is 0 Å². The molecule has 1 aromatic rings. The normalized spacial score (nSPS) is 24.4. The number of hydrogen-bond donors (Lipinski definition) is 2. The molecule has 7 heteroatoms. The van der Waals surface area contributed by atoms with E-state index in [1.54, 1.807) is 20.0 Å². The molecular formula is C19H25N5O2. The first kappa shape index (κ1) is 18.2. The number of pyridine rings is 1. The van der Waals surface area contributed by atoms with Gasteiger partial charge in [-0.15, -0.1) is 0 Å². The van der Waals surface area contributed by atoms with E-state index in [-0.39, 0.29) is 17.7 Å². The van der Waals surface area contributed by atoms with Gasteiger partial charge in [-0.3, -0.25) is 24.6 Å². The highest BCUT2D eigenvalue weighted by molar-refractivity contribution is 6.22. The summed E-state index contributed by atoms with van der Waals surface area (Å²) in [6.45, 7) is 11.3. The van der Waals surface area contributed by atoms with Crippen molar-refractivity contribution >= 4 is 23.5 Å². The fourth-order valence-corrected chi connectivity index (χ4v) is 2.87. The SMILES string of the molecule is CCc1cnc(C2=NC(C)(C)C(=O)N2)c(C2=NC(C)(C(C)C)C(=O)N2)c1. The Labute approximate surface area is 153 Å². The molecule has 0 fully saturated rings. The summed E-state index contributed by atoms with van der Waals surface area (Å²) in [6.07, 6.45) is 2.56. The van der Waals surface area contributed by atoms with Crippen LogP contribution in [0.5, 0.6) is 0 Å². The molecule has 2 aliphatic heterocycles. The third-order valence-electron chi connectivity index (χ3n) is 5.17. The number of nitrogens with one attached hydrogen (secondary N) is 2. The number of carbonyl (C=O) groups is 2. The van der Waals surface area contributed by atoms with Gasteiger partial charge in [0.2, 0.25) is 0 Å². The number of amidine groups is 2. The first-order chi connectivity index (χ1) is 12.1. The Balaban J connectivity index is 2.13. The molecule has 1 unspecified atom stereocenters. The number of nitrogens with zero attached hydrogens (tertiary/aromatic N) is 3. The number of aryl methyl sites for hydroxylation is 1. The molecule has 0 saturated heterocycles. The van der Waals surface area contributed by atoms with Gasteiger partial charge < -0.3 is 10.6 Å². The van der Waals surface area contributed by atoms with Crippen LogP contribution < -0.4 is 10.6 Å². The molecule has 2 amide bonds. The van der Waals surface area contributed by atoms with Crippen molar-refractivity contribution in [3.05, 3.63) is 29.1 Å². The lowest BCUT2D eigenvalue weighted by Crippen LogP contribution is -2.41. The molecule has 0 bridgehead atoms. The Hall–Kier alpha value is -2.57. The minimum atomic E-state index is -0.842. The molecule has 1 atom stereocenters. The topological polar surface area (TPSA) is 95.8 Å². The molecule has 0 aliphatic carbocycles. The van der Waals surface area contributed by atoms with Gasteiger partial charge in [-0.05, 0) is 44.7 Å². The molecule has 3 heterocycles. The fourth-order valence-electron chi connectivity index (χ4n) is 2.87. The Morgan fingerprint density at radius 3 is 2.19 bits per heavy atom. The summed E-state index contributed by atoms with van der Waals surface area (Å²) in [7, 11) is 0. The Kier molecular flexibility index (Phi) is 4.21. The average molecular weight is 355 g/mol. The standard InChI is InChI=1S/C19H25N5O2/c1-7-11-8-12(14-21-17(26)19(6,24-14)10(2)3)13(20-9-11)15-22-16(25)18(4,5)23-15/h8-10H,7H2,1-6H3,(H,21,24,26)(H,22,23,25). The molecule has 0 saturated carbocycles. The van der Waals surface area contributed by atoms with Gasteiger partial charge in [0.1, 0.15) is 22.6 Å². The third-order valence-corrected chi connectivity index (χ3v) is 5.17. The number of rotatable bonds is 4. The number of carbonyl (C=O) groups excluding carboxylic acids is 2. The van der Waals surface area contributed by atoms with Crippen molar-refractivity contribution in [2.24, 2.45) is 15.9 Å². The molecular weight excluding hydrogens is 330 g/mol. The van der Waals surface area contributed by atoms with Crippen LogP contribution in [-0.2, 0) is 16.0 Å². The van der Waals surface area contributed by atoms with Crippen LogP contribution in [0.25, 0.3) is 0 Å². The Morgan fingerprint density at radius 1 is 1.04 bits per heavy atom. The van der Waals surface area contributed by atoms with E-state index in [9.17, 15) is 9.59 Å². The van der Waals surface area contributed by atoms with Gasteiger partial charge in [0.05, 0.1) is 0 Å². The first-order valence-electron chi connectivity index (χ1n) is 8.90. The third kappa shape index (κ3) is 2.81. The summed E-state index contributed by atoms with van der Waals surface area (Å²) in [5, 5.41) is 5.69. The molecule has 3 rings (SSSR count). The van der Waals surface area contributed by atoms with Gasteiger partial charge in [0.25, 0.3) is 11.8 Å². The molecule has 0 radical (unpaired) electrons. The highest BCUT2D eigenvalue weighted by Gasteiger charge is 2.43. The molecule has 2 N–H and O–H groups in total. The predicted octanol–water partition coefficient (Wildman–Crippen LogP) is 1.59. The van der Waals surface area contributed by atoms with Crippen LogP contribution in [-0.4, -0.2) is 39.5 Å². The lowest BCUT2D eigenvalue weighted by molar-refractivity contribution is -0.124. The van der Waals surface area contributed by atoms with Crippen LogP contribution in [0.2, 0.25) is 0 Å². The van der Waals surface area contributed by atoms with Gasteiger partial charge in [-0.1, -0.05) is 20.8 Å². The van der Waals surface area contributed by atoms with Crippen molar-refractivity contribution in [2.75, 3.05) is 0 Å². The van der Waals surface area contributed by atoms with Gasteiger partial charge in [-0.2, -0.15) is 0 Å². The van der Waals surface area contributed by atoms with Crippen molar-refractivity contribution in [2.45, 2.75) is 59.0 Å². The quantitative estimate of drug-likeness (QED) is 0.858. The summed E-state index contributed by atoms with van der Waals surface area (Å²) >= 11 is 0. The van der Waals surface area contributed by atoms with E-state index in [1.165, 1.54) is 0 Å². The Bertz CT molecular complexity index is 853. The largest absolute Gasteiger partial charge is 0.308 e. The lowest BCUT2D eigenvalue weighted by atomic mass is 9.89. The van der Waals surface area contributed by atoms with E-state index in [4.69, 9.17) is 0 Å². The van der Waals surface area contributed by atoms with E-state index in [2.05, 4.69) is 25.6 Å². The fraction of sp³-hybridized carbons (Fsp3) is 0.526. The van der Waals surface area contributed by atoms with E-state index in [0.29, 0.717) is 22.9 Å². The first-order valence-corrected chi connectivity index (χ1v) is 8.90. The highest BCUT2D eigenvalue weighted by Crippen LogP contribution is 2.28. The Morgan fingerprint density at radius 2 is 1.69 bits per heavy atom. The summed E-state index contributed by atoms with van der Waals surface area (Å²) in [5.41, 5.74) is 0.551. The zero-order valence-corrected chi connectivity index (χ0v) is 16.1. The second-order valence-corrected chi connectivity index (χ2v) is 7.78. The second kappa shape index (κ2) is 6.00. The summed E-state index contributed by atoms with van der Waals surface area (Å²) in [6, 6.07) is 1.95. The van der Waals surface area contributed by atoms with E-state index < -0.39 is 11.1 Å². The lowest BCUT2D eigenvalue weighted by Gasteiger charge is -2.21. The minimum absolute atomic E-state index is 0.0493. The predicted molar refractivity (Wildman–Crippen MR) is 100 cm³/mol. The zero-order chi connectivity index (χ0) is 19.3. The van der Waals surface area contributed by atoms with Crippen molar-refractivity contribution < 1.29 is 9.59 Å². The number of aromatic nitrogens is 1. The van der Waals surface area contributed by atoms with Crippen molar-refractivity contribution in [1.82, 2.24) is 15.6 Å². The van der Waals surface area contributed by atoms with Gasteiger partial charge in [-0.25, -0.2) is 0 Å². The monoisotopic (exact) mass is 355 g/mol. The molecule has 0 spiro atoms. The van der Waals surface area contributed by atoms with E-state index in [0.717, 1.165) is 12.0 Å². The maximum Gasteiger partial charge on any atom is 0.253 e. The summed E-state index contributed by atoms with van der Waals surface area (Å²) in [5.74, 6) is 0.629. The average Bonchev–Trinajstić information content (AvgIpc) is 3.04. The molecule has 26 heavy (non-hydrogen) atoms. The highest BCUT2D eigenvalue weighted by atomic mass is 16.2. The number of aliphatic imine (C=N–C) groups is 2. The van der Waals surface area contributed by atoms with Crippen LogP contribution in [0, 0.1) is 5.92 Å². The minimum Gasteiger partial charge on any atom is -0.308 e. The van der Waals surface area contributed by atoms with Gasteiger partial charge in [0.15, 0.2) is 5.84 Å². The summed E-state index contributed by atoms with van der Waals surface area (Å²) in [4.78, 5) is 38.3. The maximum atomic E-state index is 12.5. The zero-order valence-electron chi connectivity index (χ0n) is 16.1. The van der Waals surface area contributed by atoms with Crippen LogP contribution >= 0.6 is 0 Å². The van der Waals surface area contributed by atoms with Crippen molar-refractivity contribution in [1.29, 1.82) is 0 Å². The maximum absolute atomic E-state index is 12.5. The number of amides is 2. The molecule has 7 nitrogen and oxygen atoms in total. The number of hydrogen-bond acceptors (Lipinski definition) is 5. The van der Waals surface area contributed by atoms with Gasteiger partial charge in [0, 0.05) is 11.8 Å². The van der Waals surface area contributed by atoms with Crippen LogP contribution in [0.1, 0.15) is 58.4 Å². The van der Waals surface area contributed by atoms with Crippen LogP contribution in [0.3, 0.4) is 0 Å². The molecule has 0 aromatic carbocycles. The van der Waals surface area contributed by atoms with E-state index in [1.807, 2.05) is 33.8 Å². The van der Waals surface area contributed by atoms with Crippen molar-refractivity contribution in [3.63, 3.8) is 0 Å². The van der Waals surface area contributed by atoms with Crippen LogP contribution in [0.15, 0.2) is 22.2 Å². The second-order valence-electron chi connectivity index (χ2n) is 7.78. The summed E-state index contributed by atoms with van der Waals surface area (Å²) < 4.78 is 0.